The number of hydrogen-bond donors (Lipinski definition) is 3. The van der Waals surface area contributed by atoms with E-state index in [0.29, 0.717) is 11.6 Å². The third kappa shape index (κ3) is 3.13. The number of aryl methyl sites for hydroxylation is 1. The van der Waals surface area contributed by atoms with Gasteiger partial charge < -0.3 is 10.4 Å². The molecule has 1 aromatic carbocycles. The highest BCUT2D eigenvalue weighted by Crippen LogP contribution is 2.28. The minimum atomic E-state index is -0.805. The number of H-pyrrole nitrogens is 1. The van der Waals surface area contributed by atoms with E-state index >= 15 is 0 Å². The van der Waals surface area contributed by atoms with Crippen LogP contribution in [0.4, 0.5) is 5.69 Å². The van der Waals surface area contributed by atoms with Crippen molar-refractivity contribution in [2.24, 2.45) is 7.05 Å². The molecule has 25 heavy (non-hydrogen) atoms. The van der Waals surface area contributed by atoms with Crippen LogP contribution in [0.5, 0.6) is 0 Å². The lowest BCUT2D eigenvalue weighted by atomic mass is 10.0. The van der Waals surface area contributed by atoms with E-state index in [2.05, 4.69) is 20.6 Å². The van der Waals surface area contributed by atoms with Crippen LogP contribution < -0.4 is 5.32 Å². The molecule has 1 unspecified atom stereocenters. The Bertz CT molecular complexity index is 889. The zero-order chi connectivity index (χ0) is 17.4. The van der Waals surface area contributed by atoms with Gasteiger partial charge >= 0.3 is 0 Å². The number of aliphatic hydroxyl groups excluding tert-OH is 1. The second kappa shape index (κ2) is 6.51. The van der Waals surface area contributed by atoms with Crippen molar-refractivity contribution < 1.29 is 5.11 Å². The Morgan fingerprint density at radius 3 is 3.00 bits per heavy atom. The van der Waals surface area contributed by atoms with Gasteiger partial charge in [-0.05, 0) is 24.3 Å². The fourth-order valence-electron chi connectivity index (χ4n) is 3.16. The van der Waals surface area contributed by atoms with Gasteiger partial charge in [0.15, 0.2) is 6.35 Å². The van der Waals surface area contributed by atoms with Crippen LogP contribution >= 0.6 is 11.6 Å². The molecule has 0 bridgehead atoms. The quantitative estimate of drug-likeness (QED) is 0.623. The first kappa shape index (κ1) is 16.1. The normalized spacial score (nSPS) is 15.8. The third-order valence-corrected chi connectivity index (χ3v) is 4.73. The molecule has 8 heteroatoms. The zero-order valence-corrected chi connectivity index (χ0v) is 14.5. The van der Waals surface area contributed by atoms with E-state index in [-0.39, 0.29) is 0 Å². The molecule has 1 aliphatic rings. The summed E-state index contributed by atoms with van der Waals surface area (Å²) < 4.78 is 1.80. The predicted octanol–water partition coefficient (Wildman–Crippen LogP) is 2.21. The molecule has 130 valence electrons. The maximum Gasteiger partial charge on any atom is 0.184 e. The number of anilines is 1. The van der Waals surface area contributed by atoms with Crippen molar-refractivity contribution in [3.63, 3.8) is 0 Å². The molecule has 0 radical (unpaired) electrons. The maximum atomic E-state index is 10.6. The SMILES string of the molecule is Cn1nccc1-c1n[nH]c2c1CN(C(O)Nc1cccc(Cl)c1)CC2. The van der Waals surface area contributed by atoms with Crippen LogP contribution in [0.25, 0.3) is 11.4 Å². The smallest absolute Gasteiger partial charge is 0.184 e. The summed E-state index contributed by atoms with van der Waals surface area (Å²) in [5.74, 6) is 0. The summed E-state index contributed by atoms with van der Waals surface area (Å²) in [4.78, 5) is 1.97. The lowest BCUT2D eigenvalue weighted by molar-refractivity contribution is 0.0163. The molecule has 7 nitrogen and oxygen atoms in total. The van der Waals surface area contributed by atoms with Crippen molar-refractivity contribution in [2.75, 3.05) is 11.9 Å². The summed E-state index contributed by atoms with van der Waals surface area (Å²) in [5, 5.41) is 26.1. The van der Waals surface area contributed by atoms with Gasteiger partial charge in [0, 0.05) is 54.7 Å². The van der Waals surface area contributed by atoms with Crippen LogP contribution in [0.3, 0.4) is 0 Å². The second-order valence-corrected chi connectivity index (χ2v) is 6.55. The molecule has 2 aromatic heterocycles. The lowest BCUT2D eigenvalue weighted by Crippen LogP contribution is -2.43. The number of benzene rings is 1. The van der Waals surface area contributed by atoms with Crippen molar-refractivity contribution in [3.05, 3.63) is 52.8 Å². The van der Waals surface area contributed by atoms with Gasteiger partial charge in [0.25, 0.3) is 0 Å². The molecule has 0 aliphatic carbocycles. The molecule has 0 spiro atoms. The maximum absolute atomic E-state index is 10.6. The molecule has 3 aromatic rings. The van der Waals surface area contributed by atoms with Crippen LogP contribution in [-0.2, 0) is 20.0 Å². The summed E-state index contributed by atoms with van der Waals surface area (Å²) in [5.41, 5.74) is 4.83. The van der Waals surface area contributed by atoms with Crippen LogP contribution in [0.2, 0.25) is 5.02 Å². The Morgan fingerprint density at radius 1 is 1.36 bits per heavy atom. The van der Waals surface area contributed by atoms with Crippen LogP contribution in [-0.4, -0.2) is 42.9 Å². The van der Waals surface area contributed by atoms with Crippen LogP contribution in [0.1, 0.15) is 11.3 Å². The van der Waals surface area contributed by atoms with Gasteiger partial charge in [-0.1, -0.05) is 17.7 Å². The first-order chi connectivity index (χ1) is 12.1. The van der Waals surface area contributed by atoms with E-state index in [4.69, 9.17) is 11.6 Å². The standard InChI is InChI=1S/C17H19ClN6O/c1-23-15(5-7-19-23)16-13-10-24(8-6-14(13)21-22-16)17(25)20-12-4-2-3-11(18)9-12/h2-5,7,9,17,20,25H,6,8,10H2,1H3,(H,21,22). The number of halogens is 1. The molecule has 4 rings (SSSR count). The second-order valence-electron chi connectivity index (χ2n) is 6.12. The summed E-state index contributed by atoms with van der Waals surface area (Å²) in [7, 11) is 1.90. The van der Waals surface area contributed by atoms with Gasteiger partial charge in [-0.3, -0.25) is 14.7 Å². The van der Waals surface area contributed by atoms with E-state index in [1.807, 2.05) is 30.1 Å². The fraction of sp³-hybridized carbons (Fsp3) is 0.294. The molecule has 1 atom stereocenters. The number of hydrogen-bond acceptors (Lipinski definition) is 5. The molecule has 1 aliphatic heterocycles. The van der Waals surface area contributed by atoms with E-state index in [9.17, 15) is 5.11 Å². The Hall–Kier alpha value is -2.35. The topological polar surface area (TPSA) is 82.0 Å². The minimum absolute atomic E-state index is 0.598. The largest absolute Gasteiger partial charge is 0.361 e. The summed E-state index contributed by atoms with van der Waals surface area (Å²) in [6.45, 7) is 1.33. The first-order valence-corrected chi connectivity index (χ1v) is 8.48. The van der Waals surface area contributed by atoms with Crippen LogP contribution in [0, 0.1) is 0 Å². The number of nitrogens with one attached hydrogen (secondary N) is 2. The van der Waals surface area contributed by atoms with Gasteiger partial charge in [-0.25, -0.2) is 0 Å². The van der Waals surface area contributed by atoms with Gasteiger partial charge in [0.1, 0.15) is 5.69 Å². The Morgan fingerprint density at radius 2 is 2.24 bits per heavy atom. The Balaban J connectivity index is 1.54. The highest BCUT2D eigenvalue weighted by molar-refractivity contribution is 6.30. The van der Waals surface area contributed by atoms with Crippen molar-refractivity contribution in [1.29, 1.82) is 0 Å². The van der Waals surface area contributed by atoms with E-state index in [1.165, 1.54) is 0 Å². The number of aromatic nitrogens is 4. The van der Waals surface area contributed by atoms with E-state index in [0.717, 1.165) is 41.3 Å². The molecule has 0 fully saturated rings. The molecular weight excluding hydrogens is 340 g/mol. The number of fused-ring (bicyclic) bond motifs is 1. The van der Waals surface area contributed by atoms with Crippen molar-refractivity contribution in [3.8, 4) is 11.4 Å². The number of aromatic amines is 1. The van der Waals surface area contributed by atoms with Gasteiger partial charge in [-0.15, -0.1) is 0 Å². The highest BCUT2D eigenvalue weighted by atomic mass is 35.5. The van der Waals surface area contributed by atoms with Gasteiger partial charge in [-0.2, -0.15) is 10.2 Å². The van der Waals surface area contributed by atoms with Crippen molar-refractivity contribution in [1.82, 2.24) is 24.9 Å². The Labute approximate surface area is 150 Å². The average Bonchev–Trinajstić information content (AvgIpc) is 3.19. The summed E-state index contributed by atoms with van der Waals surface area (Å²) >= 11 is 6.00. The predicted molar refractivity (Wildman–Crippen MR) is 96.0 cm³/mol. The summed E-state index contributed by atoms with van der Waals surface area (Å²) in [6.07, 6.45) is 1.75. The van der Waals surface area contributed by atoms with Gasteiger partial charge in [0.2, 0.25) is 0 Å². The number of aliphatic hydroxyl groups is 1. The average molecular weight is 359 g/mol. The monoisotopic (exact) mass is 358 g/mol. The minimum Gasteiger partial charge on any atom is -0.361 e. The first-order valence-electron chi connectivity index (χ1n) is 8.10. The number of nitrogens with zero attached hydrogens (tertiary/aromatic N) is 4. The van der Waals surface area contributed by atoms with Crippen molar-refractivity contribution in [2.45, 2.75) is 19.3 Å². The summed E-state index contributed by atoms with van der Waals surface area (Å²) in [6, 6.07) is 9.26. The lowest BCUT2D eigenvalue weighted by Gasteiger charge is -2.32. The van der Waals surface area contributed by atoms with Crippen molar-refractivity contribution >= 4 is 17.3 Å². The third-order valence-electron chi connectivity index (χ3n) is 4.49. The van der Waals surface area contributed by atoms with E-state index in [1.54, 1.807) is 23.0 Å². The Kier molecular flexibility index (Phi) is 4.20. The van der Waals surface area contributed by atoms with Crippen LogP contribution in [0.15, 0.2) is 36.5 Å². The number of rotatable bonds is 4. The molecular formula is C17H19ClN6O. The highest BCUT2D eigenvalue weighted by Gasteiger charge is 2.27. The molecule has 3 N–H and O–H groups in total. The molecule has 3 heterocycles. The molecule has 0 amide bonds. The van der Waals surface area contributed by atoms with E-state index < -0.39 is 6.35 Å². The molecule has 0 saturated heterocycles. The fourth-order valence-corrected chi connectivity index (χ4v) is 3.35. The zero-order valence-electron chi connectivity index (χ0n) is 13.8. The van der Waals surface area contributed by atoms with Gasteiger partial charge in [0.05, 0.1) is 5.69 Å². The molecule has 0 saturated carbocycles.